The molecule has 3 heteroatoms. The molecule has 0 saturated heterocycles. The van der Waals surface area contributed by atoms with Crippen molar-refractivity contribution in [2.75, 3.05) is 6.61 Å². The van der Waals surface area contributed by atoms with Gasteiger partial charge in [0.1, 0.15) is 12.4 Å². The summed E-state index contributed by atoms with van der Waals surface area (Å²) in [4.78, 5) is 0. The molecular formula is C17H19BrO2. The van der Waals surface area contributed by atoms with Gasteiger partial charge in [0.2, 0.25) is 0 Å². The smallest absolute Gasteiger partial charge is 0.120 e. The number of fused-ring (bicyclic) bond motifs is 1. The minimum atomic E-state index is -0.632. The summed E-state index contributed by atoms with van der Waals surface area (Å²) in [6.45, 7) is 0.398. The molecule has 0 bridgehead atoms. The number of rotatable bonds is 3. The molecule has 0 amide bonds. The van der Waals surface area contributed by atoms with Crippen molar-refractivity contribution in [3.63, 3.8) is 0 Å². The van der Waals surface area contributed by atoms with Crippen LogP contribution in [0.2, 0.25) is 0 Å². The summed E-state index contributed by atoms with van der Waals surface area (Å²) >= 11 is 3.48. The van der Waals surface area contributed by atoms with E-state index >= 15 is 0 Å². The molecule has 0 spiro atoms. The van der Waals surface area contributed by atoms with Gasteiger partial charge in [0, 0.05) is 4.47 Å². The fraction of sp³-hybridized carbons (Fsp3) is 0.412. The quantitative estimate of drug-likeness (QED) is 0.883. The Morgan fingerprint density at radius 1 is 1.00 bits per heavy atom. The van der Waals surface area contributed by atoms with E-state index in [0.29, 0.717) is 6.61 Å². The number of ether oxygens (including phenoxy) is 1. The summed E-state index contributed by atoms with van der Waals surface area (Å²) in [6.07, 6.45) is 5.14. The number of halogens is 1. The number of hydrogen-bond donors (Lipinski definition) is 1. The minimum absolute atomic E-state index is 0.398. The Kier molecular flexibility index (Phi) is 3.99. The first-order valence-electron chi connectivity index (χ1n) is 7.19. The highest BCUT2D eigenvalue weighted by atomic mass is 79.9. The molecular weight excluding hydrogens is 316 g/mol. The standard InChI is InChI=1S/C17H19BrO2/c18-15-6-4-14-11-16(7-5-13(14)10-15)20-12-17(19)8-2-1-3-9-17/h4-7,10-11,19H,1-3,8-9,12H2. The van der Waals surface area contributed by atoms with Crippen LogP contribution < -0.4 is 4.74 Å². The Morgan fingerprint density at radius 3 is 2.50 bits per heavy atom. The molecule has 2 aromatic carbocycles. The lowest BCUT2D eigenvalue weighted by Gasteiger charge is -2.31. The van der Waals surface area contributed by atoms with Crippen molar-refractivity contribution in [3.8, 4) is 5.75 Å². The molecule has 1 fully saturated rings. The Bertz CT molecular complexity index is 603. The zero-order chi connectivity index (χ0) is 14.0. The predicted octanol–water partition coefficient (Wildman–Crippen LogP) is 4.68. The maximum absolute atomic E-state index is 10.5. The molecule has 0 aromatic heterocycles. The van der Waals surface area contributed by atoms with Crippen molar-refractivity contribution >= 4 is 26.7 Å². The molecule has 0 radical (unpaired) electrons. The molecule has 1 aliphatic carbocycles. The molecule has 106 valence electrons. The lowest BCUT2D eigenvalue weighted by atomic mass is 9.85. The molecule has 3 rings (SSSR count). The Morgan fingerprint density at radius 2 is 1.70 bits per heavy atom. The van der Waals surface area contributed by atoms with Crippen LogP contribution in [0.3, 0.4) is 0 Å². The van der Waals surface area contributed by atoms with E-state index in [2.05, 4.69) is 34.1 Å². The van der Waals surface area contributed by atoms with Crippen molar-refractivity contribution in [3.05, 3.63) is 40.9 Å². The summed E-state index contributed by atoms with van der Waals surface area (Å²) in [7, 11) is 0. The lowest BCUT2D eigenvalue weighted by Crippen LogP contribution is -2.37. The second-order valence-electron chi connectivity index (χ2n) is 5.73. The highest BCUT2D eigenvalue weighted by Gasteiger charge is 2.29. The second kappa shape index (κ2) is 5.74. The zero-order valence-corrected chi connectivity index (χ0v) is 13.0. The van der Waals surface area contributed by atoms with Crippen LogP contribution in [0.5, 0.6) is 5.75 Å². The summed E-state index contributed by atoms with van der Waals surface area (Å²) in [5.41, 5.74) is -0.632. The predicted molar refractivity (Wildman–Crippen MR) is 85.2 cm³/mol. The van der Waals surface area contributed by atoms with Crippen molar-refractivity contribution in [2.45, 2.75) is 37.7 Å². The Balaban J connectivity index is 1.72. The van der Waals surface area contributed by atoms with Crippen molar-refractivity contribution < 1.29 is 9.84 Å². The molecule has 0 aliphatic heterocycles. The minimum Gasteiger partial charge on any atom is -0.491 e. The van der Waals surface area contributed by atoms with Gasteiger partial charge in [-0.3, -0.25) is 0 Å². The van der Waals surface area contributed by atoms with E-state index in [1.807, 2.05) is 18.2 Å². The number of aliphatic hydroxyl groups is 1. The molecule has 1 aliphatic rings. The summed E-state index contributed by atoms with van der Waals surface area (Å²) < 4.78 is 6.90. The molecule has 0 heterocycles. The fourth-order valence-electron chi connectivity index (χ4n) is 2.86. The monoisotopic (exact) mass is 334 g/mol. The molecule has 1 saturated carbocycles. The molecule has 1 N–H and O–H groups in total. The van der Waals surface area contributed by atoms with Crippen LogP contribution in [0, 0.1) is 0 Å². The first kappa shape index (κ1) is 13.9. The topological polar surface area (TPSA) is 29.5 Å². The number of hydrogen-bond acceptors (Lipinski definition) is 2. The summed E-state index contributed by atoms with van der Waals surface area (Å²) in [6, 6.07) is 12.3. The van der Waals surface area contributed by atoms with Crippen molar-refractivity contribution in [2.24, 2.45) is 0 Å². The van der Waals surface area contributed by atoms with Gasteiger partial charge in [-0.1, -0.05) is 47.3 Å². The first-order chi connectivity index (χ1) is 9.65. The van der Waals surface area contributed by atoms with Crippen LogP contribution in [-0.2, 0) is 0 Å². The van der Waals surface area contributed by atoms with Crippen LogP contribution >= 0.6 is 15.9 Å². The van der Waals surface area contributed by atoms with Crippen molar-refractivity contribution in [1.82, 2.24) is 0 Å². The maximum Gasteiger partial charge on any atom is 0.120 e. The van der Waals surface area contributed by atoms with Gasteiger partial charge in [0.15, 0.2) is 0 Å². The normalized spacial score (nSPS) is 18.1. The SMILES string of the molecule is OC1(COc2ccc3cc(Br)ccc3c2)CCCCC1. The fourth-order valence-corrected chi connectivity index (χ4v) is 3.24. The molecule has 0 atom stereocenters. The molecule has 0 unspecified atom stereocenters. The third-order valence-electron chi connectivity index (χ3n) is 4.07. The lowest BCUT2D eigenvalue weighted by molar-refractivity contribution is -0.0338. The first-order valence-corrected chi connectivity index (χ1v) is 7.99. The van der Waals surface area contributed by atoms with Crippen LogP contribution in [0.25, 0.3) is 10.8 Å². The third kappa shape index (κ3) is 3.15. The van der Waals surface area contributed by atoms with E-state index in [9.17, 15) is 5.11 Å². The van der Waals surface area contributed by atoms with Gasteiger partial charge in [-0.25, -0.2) is 0 Å². The van der Waals surface area contributed by atoms with Crippen LogP contribution in [-0.4, -0.2) is 17.3 Å². The summed E-state index contributed by atoms with van der Waals surface area (Å²) in [5.74, 6) is 0.832. The van der Waals surface area contributed by atoms with E-state index in [-0.39, 0.29) is 0 Å². The van der Waals surface area contributed by atoms with Crippen LogP contribution in [0.15, 0.2) is 40.9 Å². The van der Waals surface area contributed by atoms with E-state index in [0.717, 1.165) is 41.3 Å². The van der Waals surface area contributed by atoms with E-state index in [1.54, 1.807) is 0 Å². The zero-order valence-electron chi connectivity index (χ0n) is 11.4. The van der Waals surface area contributed by atoms with Crippen LogP contribution in [0.4, 0.5) is 0 Å². The van der Waals surface area contributed by atoms with Gasteiger partial charge in [0.05, 0.1) is 5.60 Å². The Hall–Kier alpha value is -1.06. The van der Waals surface area contributed by atoms with Gasteiger partial charge in [0.25, 0.3) is 0 Å². The van der Waals surface area contributed by atoms with Gasteiger partial charge < -0.3 is 9.84 Å². The second-order valence-corrected chi connectivity index (χ2v) is 6.64. The van der Waals surface area contributed by atoms with E-state index in [1.165, 1.54) is 11.8 Å². The average molecular weight is 335 g/mol. The average Bonchev–Trinajstić information content (AvgIpc) is 2.46. The van der Waals surface area contributed by atoms with Crippen molar-refractivity contribution in [1.29, 1.82) is 0 Å². The van der Waals surface area contributed by atoms with Gasteiger partial charge in [-0.15, -0.1) is 0 Å². The van der Waals surface area contributed by atoms with E-state index < -0.39 is 5.60 Å². The van der Waals surface area contributed by atoms with Gasteiger partial charge >= 0.3 is 0 Å². The van der Waals surface area contributed by atoms with Crippen LogP contribution in [0.1, 0.15) is 32.1 Å². The maximum atomic E-state index is 10.5. The molecule has 2 nitrogen and oxygen atoms in total. The number of benzene rings is 2. The third-order valence-corrected chi connectivity index (χ3v) is 4.56. The van der Waals surface area contributed by atoms with Gasteiger partial charge in [-0.2, -0.15) is 0 Å². The molecule has 20 heavy (non-hydrogen) atoms. The van der Waals surface area contributed by atoms with Gasteiger partial charge in [-0.05, 0) is 47.9 Å². The highest BCUT2D eigenvalue weighted by Crippen LogP contribution is 2.30. The van der Waals surface area contributed by atoms with E-state index in [4.69, 9.17) is 4.74 Å². The molecule has 2 aromatic rings. The highest BCUT2D eigenvalue weighted by molar-refractivity contribution is 9.10. The summed E-state index contributed by atoms with van der Waals surface area (Å²) in [5, 5.41) is 12.8. The largest absolute Gasteiger partial charge is 0.491 e. The Labute approximate surface area is 127 Å².